The van der Waals surface area contributed by atoms with E-state index in [1.54, 1.807) is 13.8 Å². The van der Waals surface area contributed by atoms with Crippen LogP contribution < -0.4 is 27.4 Å². The van der Waals surface area contributed by atoms with Gasteiger partial charge in [-0.25, -0.2) is 4.79 Å². The number of primary amides is 1. The van der Waals surface area contributed by atoms with Gasteiger partial charge in [0, 0.05) is 12.8 Å². The van der Waals surface area contributed by atoms with Gasteiger partial charge in [-0.3, -0.25) is 24.0 Å². The van der Waals surface area contributed by atoms with Crippen LogP contribution >= 0.6 is 0 Å². The Morgan fingerprint density at radius 2 is 1.19 bits per heavy atom. The van der Waals surface area contributed by atoms with Crippen LogP contribution in [0.5, 0.6) is 0 Å². The summed E-state index contributed by atoms with van der Waals surface area (Å²) in [6.07, 6.45) is -1.12. The maximum atomic E-state index is 12.7. The van der Waals surface area contributed by atoms with Crippen molar-refractivity contribution in [1.82, 2.24) is 16.0 Å². The van der Waals surface area contributed by atoms with Crippen molar-refractivity contribution < 1.29 is 39.0 Å². The smallest absolute Gasteiger partial charge is 0.326 e. The molecular weight excluding hydrogens is 426 g/mol. The molecule has 13 nitrogen and oxygen atoms in total. The minimum atomic E-state index is -1.34. The number of hydrogen-bond acceptors (Lipinski definition) is 7. The topological polar surface area (TPSA) is 231 Å². The zero-order chi connectivity index (χ0) is 25.0. The van der Waals surface area contributed by atoms with Crippen LogP contribution in [-0.4, -0.2) is 69.9 Å². The highest BCUT2D eigenvalue weighted by molar-refractivity contribution is 5.94. The van der Waals surface area contributed by atoms with E-state index in [4.69, 9.17) is 16.6 Å². The van der Waals surface area contributed by atoms with Gasteiger partial charge in [0.15, 0.2) is 0 Å². The molecule has 182 valence electrons. The summed E-state index contributed by atoms with van der Waals surface area (Å²) in [5.74, 6) is -5.74. The highest BCUT2D eigenvalue weighted by atomic mass is 16.4. The van der Waals surface area contributed by atoms with Gasteiger partial charge < -0.3 is 37.6 Å². The number of carboxylic acid groups (broad SMARTS) is 2. The molecule has 0 heterocycles. The van der Waals surface area contributed by atoms with E-state index >= 15 is 0 Å². The standard InChI is InChI=1S/C19H33N5O8/c1-9(2)8-13(19(31)32)24-18(30)11(4-6-14(21)25)23-17(29)12(5-7-15(26)27)22-16(28)10(3)20/h9-13H,4-8,20H2,1-3H3,(H2,21,25)(H,22,28)(H,23,29)(H,24,30)(H,26,27)(H,31,32). The molecule has 0 fully saturated rings. The van der Waals surface area contributed by atoms with Crippen LogP contribution in [0.2, 0.25) is 0 Å². The fraction of sp³-hybridized carbons (Fsp3) is 0.684. The first-order valence-electron chi connectivity index (χ1n) is 10.1. The summed E-state index contributed by atoms with van der Waals surface area (Å²) in [6, 6.07) is -4.87. The summed E-state index contributed by atoms with van der Waals surface area (Å²) in [5, 5.41) is 25.2. The molecule has 0 saturated heterocycles. The van der Waals surface area contributed by atoms with Crippen LogP contribution in [0, 0.1) is 5.92 Å². The van der Waals surface area contributed by atoms with Crippen molar-refractivity contribution >= 4 is 35.6 Å². The normalized spacial score (nSPS) is 14.5. The maximum Gasteiger partial charge on any atom is 0.326 e. The van der Waals surface area contributed by atoms with Crippen molar-refractivity contribution in [2.45, 2.75) is 77.0 Å². The first-order chi connectivity index (χ1) is 14.7. The van der Waals surface area contributed by atoms with Crippen molar-refractivity contribution in [1.29, 1.82) is 0 Å². The maximum absolute atomic E-state index is 12.7. The monoisotopic (exact) mass is 459 g/mol. The van der Waals surface area contributed by atoms with Gasteiger partial charge in [-0.05, 0) is 32.1 Å². The largest absolute Gasteiger partial charge is 0.481 e. The van der Waals surface area contributed by atoms with Gasteiger partial charge in [0.25, 0.3) is 0 Å². The molecule has 13 heteroatoms. The minimum absolute atomic E-state index is 0.0519. The van der Waals surface area contributed by atoms with Gasteiger partial charge in [-0.1, -0.05) is 13.8 Å². The lowest BCUT2D eigenvalue weighted by atomic mass is 10.0. The van der Waals surface area contributed by atoms with E-state index in [0.717, 1.165) is 0 Å². The van der Waals surface area contributed by atoms with Gasteiger partial charge in [-0.2, -0.15) is 0 Å². The third kappa shape index (κ3) is 11.8. The Balaban J connectivity index is 5.54. The molecule has 0 aromatic rings. The quantitative estimate of drug-likeness (QED) is 0.144. The number of amides is 4. The van der Waals surface area contributed by atoms with Crippen molar-refractivity contribution in [3.05, 3.63) is 0 Å². The number of hydrogen-bond donors (Lipinski definition) is 7. The highest BCUT2D eigenvalue weighted by Gasteiger charge is 2.30. The molecular formula is C19H33N5O8. The molecule has 4 atom stereocenters. The van der Waals surface area contributed by atoms with E-state index in [1.165, 1.54) is 6.92 Å². The zero-order valence-electron chi connectivity index (χ0n) is 18.4. The van der Waals surface area contributed by atoms with Crippen molar-refractivity contribution in [3.63, 3.8) is 0 Å². The number of nitrogens with one attached hydrogen (secondary N) is 3. The summed E-state index contributed by atoms with van der Waals surface area (Å²) in [6.45, 7) is 4.90. The number of carbonyl (C=O) groups excluding carboxylic acids is 4. The molecule has 0 spiro atoms. The van der Waals surface area contributed by atoms with E-state index < -0.39 is 66.2 Å². The van der Waals surface area contributed by atoms with E-state index in [1.807, 2.05) is 0 Å². The molecule has 0 aliphatic heterocycles. The first kappa shape index (κ1) is 28.8. The Kier molecular flexibility index (Phi) is 12.6. The lowest BCUT2D eigenvalue weighted by Gasteiger charge is -2.25. The Morgan fingerprint density at radius 1 is 0.750 bits per heavy atom. The lowest BCUT2D eigenvalue weighted by Crippen LogP contribution is -2.57. The number of carboxylic acids is 2. The minimum Gasteiger partial charge on any atom is -0.481 e. The SMILES string of the molecule is CC(C)CC(NC(=O)C(CCC(N)=O)NC(=O)C(CCC(=O)O)NC(=O)C(C)N)C(=O)O. The Bertz CT molecular complexity index is 710. The third-order valence-electron chi connectivity index (χ3n) is 4.33. The molecule has 9 N–H and O–H groups in total. The van der Waals surface area contributed by atoms with E-state index in [9.17, 15) is 33.9 Å². The second kappa shape index (κ2) is 14.0. The molecule has 32 heavy (non-hydrogen) atoms. The first-order valence-corrected chi connectivity index (χ1v) is 10.1. The van der Waals surface area contributed by atoms with E-state index in [2.05, 4.69) is 16.0 Å². The molecule has 0 aliphatic carbocycles. The van der Waals surface area contributed by atoms with Gasteiger partial charge >= 0.3 is 11.9 Å². The van der Waals surface area contributed by atoms with Crippen molar-refractivity contribution in [3.8, 4) is 0 Å². The van der Waals surface area contributed by atoms with Crippen molar-refractivity contribution in [2.24, 2.45) is 17.4 Å². The van der Waals surface area contributed by atoms with Gasteiger partial charge in [0.05, 0.1) is 6.04 Å². The molecule has 0 saturated carbocycles. The molecule has 0 rings (SSSR count). The number of carbonyl (C=O) groups is 6. The number of rotatable bonds is 15. The molecule has 4 unspecified atom stereocenters. The molecule has 0 aromatic carbocycles. The van der Waals surface area contributed by atoms with Crippen LogP contribution in [0.25, 0.3) is 0 Å². The highest BCUT2D eigenvalue weighted by Crippen LogP contribution is 2.08. The van der Waals surface area contributed by atoms with E-state index in [-0.39, 0.29) is 31.6 Å². The molecule has 0 aromatic heterocycles. The summed E-state index contributed by atoms with van der Waals surface area (Å²) >= 11 is 0. The average molecular weight is 460 g/mol. The Labute approximate surface area is 185 Å². The van der Waals surface area contributed by atoms with Crippen LogP contribution in [-0.2, 0) is 28.8 Å². The van der Waals surface area contributed by atoms with Gasteiger partial charge in [-0.15, -0.1) is 0 Å². The second-order valence-corrected chi connectivity index (χ2v) is 7.88. The molecule has 0 aliphatic rings. The summed E-state index contributed by atoms with van der Waals surface area (Å²) in [5.41, 5.74) is 10.6. The summed E-state index contributed by atoms with van der Waals surface area (Å²) < 4.78 is 0. The predicted octanol–water partition coefficient (Wildman–Crippen LogP) is -1.95. The van der Waals surface area contributed by atoms with E-state index in [0.29, 0.717) is 0 Å². The van der Waals surface area contributed by atoms with Crippen LogP contribution in [0.15, 0.2) is 0 Å². The van der Waals surface area contributed by atoms with Crippen LogP contribution in [0.3, 0.4) is 0 Å². The number of nitrogens with two attached hydrogens (primary N) is 2. The fourth-order valence-electron chi connectivity index (χ4n) is 2.63. The summed E-state index contributed by atoms with van der Waals surface area (Å²) in [4.78, 5) is 70.7. The Morgan fingerprint density at radius 3 is 1.56 bits per heavy atom. The lowest BCUT2D eigenvalue weighted by molar-refractivity contribution is -0.143. The second-order valence-electron chi connectivity index (χ2n) is 7.88. The zero-order valence-corrected chi connectivity index (χ0v) is 18.4. The Hall–Kier alpha value is -3.22. The number of aliphatic carboxylic acids is 2. The third-order valence-corrected chi connectivity index (χ3v) is 4.33. The van der Waals surface area contributed by atoms with Gasteiger partial charge in [0.1, 0.15) is 18.1 Å². The van der Waals surface area contributed by atoms with Crippen molar-refractivity contribution in [2.75, 3.05) is 0 Å². The van der Waals surface area contributed by atoms with Crippen LogP contribution in [0.1, 0.15) is 52.9 Å². The van der Waals surface area contributed by atoms with Crippen LogP contribution in [0.4, 0.5) is 0 Å². The summed E-state index contributed by atoms with van der Waals surface area (Å²) in [7, 11) is 0. The van der Waals surface area contributed by atoms with Gasteiger partial charge in [0.2, 0.25) is 23.6 Å². The fourth-order valence-corrected chi connectivity index (χ4v) is 2.63. The average Bonchev–Trinajstić information content (AvgIpc) is 2.66. The molecule has 0 radical (unpaired) electrons. The predicted molar refractivity (Wildman–Crippen MR) is 112 cm³/mol. The molecule has 4 amide bonds. The molecule has 0 bridgehead atoms.